The molecule has 0 heterocycles. The van der Waals surface area contributed by atoms with Crippen LogP contribution in [0.1, 0.15) is 142 Å². The number of hydrogen-bond donors (Lipinski definition) is 0. The second-order valence-electron chi connectivity index (χ2n) is 8.45. The Morgan fingerprint density at radius 1 is 0.667 bits per heavy atom. The van der Waals surface area contributed by atoms with Crippen LogP contribution in [0.5, 0.6) is 0 Å². The number of carbonyl (C=O) groups is 1. The number of carbonyl (C=O) groups excluding carboxylic acids is 1. The fourth-order valence-electron chi connectivity index (χ4n) is 4.07. The van der Waals surface area contributed by atoms with Gasteiger partial charge in [-0.1, -0.05) is 103 Å². The van der Waals surface area contributed by atoms with Gasteiger partial charge < -0.3 is 4.74 Å². The molecule has 0 aliphatic heterocycles. The van der Waals surface area contributed by atoms with Gasteiger partial charge in [0.15, 0.2) is 0 Å². The first kappa shape index (κ1) is 27.2. The van der Waals surface area contributed by atoms with Crippen LogP contribution >= 0.6 is 0 Å². The van der Waals surface area contributed by atoms with Gasteiger partial charge in [-0.25, -0.2) is 0 Å². The third-order valence-electron chi connectivity index (χ3n) is 5.83. The molecule has 0 unspecified atom stereocenters. The topological polar surface area (TPSA) is 26.3 Å². The van der Waals surface area contributed by atoms with E-state index in [1.165, 1.54) is 109 Å². The number of hydrogen-bond acceptors (Lipinski definition) is 2. The zero-order valence-electron chi connectivity index (χ0n) is 18.0. The quantitative estimate of drug-likeness (QED) is 0.121. The van der Waals surface area contributed by atoms with E-state index in [1.54, 1.807) is 0 Å². The zero-order chi connectivity index (χ0) is 18.7. The molecule has 1 saturated carbocycles. The Balaban J connectivity index is 0.00000676. The molecule has 0 saturated heterocycles. The van der Waals surface area contributed by atoms with Crippen molar-refractivity contribution in [2.24, 2.45) is 0 Å². The summed E-state index contributed by atoms with van der Waals surface area (Å²) in [6.07, 6.45) is 27.3. The zero-order valence-corrected chi connectivity index (χ0v) is 19.5. The second-order valence-corrected chi connectivity index (χ2v) is 8.45. The van der Waals surface area contributed by atoms with Crippen molar-refractivity contribution in [1.29, 1.82) is 0 Å². The van der Waals surface area contributed by atoms with Crippen molar-refractivity contribution in [3.8, 4) is 0 Å². The molecule has 0 N–H and O–H groups in total. The summed E-state index contributed by atoms with van der Waals surface area (Å²) in [7, 11) is 0. The van der Waals surface area contributed by atoms with Crippen LogP contribution < -0.4 is 0 Å². The van der Waals surface area contributed by atoms with Crippen LogP contribution in [0.2, 0.25) is 0 Å². The molecule has 2 nitrogen and oxygen atoms in total. The van der Waals surface area contributed by atoms with Crippen molar-refractivity contribution in [3.63, 3.8) is 0 Å². The summed E-state index contributed by atoms with van der Waals surface area (Å²) in [6.45, 7) is 2.28. The molecule has 1 rings (SSSR count). The van der Waals surface area contributed by atoms with E-state index in [4.69, 9.17) is 4.74 Å². The molecule has 1 radical (unpaired) electrons. The summed E-state index contributed by atoms with van der Waals surface area (Å²) < 4.78 is 5.57. The number of rotatable bonds is 17. The Kier molecular flexibility index (Phi) is 21.1. The number of unbranched alkanes of at least 4 members (excludes halogenated alkanes) is 14. The molecule has 165 valence electrons. The van der Waals surface area contributed by atoms with Crippen LogP contribution in [-0.4, -0.2) is 12.1 Å². The molecule has 0 aromatic heterocycles. The van der Waals surface area contributed by atoms with Gasteiger partial charge in [-0.05, 0) is 32.1 Å². The van der Waals surface area contributed by atoms with Gasteiger partial charge >= 0.3 is 5.97 Å². The smallest absolute Gasteiger partial charge is 0.306 e. The Hall–Kier alpha value is 0.210. The molecule has 3 heteroatoms. The summed E-state index contributed by atoms with van der Waals surface area (Å²) in [5, 5.41) is 0. The minimum absolute atomic E-state index is 0. The molecule has 0 amide bonds. The van der Waals surface area contributed by atoms with E-state index in [-0.39, 0.29) is 34.5 Å². The van der Waals surface area contributed by atoms with Gasteiger partial charge in [-0.15, -0.1) is 0 Å². The van der Waals surface area contributed by atoms with E-state index in [9.17, 15) is 4.79 Å². The standard InChI is InChI=1S/C24H46O2.Ag/c1-2-3-4-5-6-7-8-9-10-11-12-13-14-15-19-22-24(25)26-23-20-17-16-18-21-23;/h23H,2-22H2,1H3;. The van der Waals surface area contributed by atoms with Gasteiger partial charge in [0, 0.05) is 28.8 Å². The maximum absolute atomic E-state index is 11.8. The molecule has 1 aliphatic rings. The van der Waals surface area contributed by atoms with Gasteiger partial charge in [0.2, 0.25) is 0 Å². The Labute approximate surface area is 185 Å². The molecule has 1 fully saturated rings. The van der Waals surface area contributed by atoms with Crippen LogP contribution in [-0.2, 0) is 31.9 Å². The normalized spacial score (nSPS) is 14.7. The maximum Gasteiger partial charge on any atom is 0.306 e. The molecule has 27 heavy (non-hydrogen) atoms. The van der Waals surface area contributed by atoms with E-state index >= 15 is 0 Å². The Morgan fingerprint density at radius 3 is 1.52 bits per heavy atom. The predicted octanol–water partition coefficient (Wildman–Crippen LogP) is 8.12. The van der Waals surface area contributed by atoms with Crippen LogP contribution in [0.3, 0.4) is 0 Å². The average Bonchev–Trinajstić information content (AvgIpc) is 2.65. The van der Waals surface area contributed by atoms with Crippen molar-refractivity contribution in [1.82, 2.24) is 0 Å². The fourth-order valence-corrected chi connectivity index (χ4v) is 4.07. The molecule has 0 atom stereocenters. The Bertz CT molecular complexity index is 314. The van der Waals surface area contributed by atoms with Crippen LogP contribution in [0, 0.1) is 0 Å². The van der Waals surface area contributed by atoms with Gasteiger partial charge in [-0.2, -0.15) is 0 Å². The third kappa shape index (κ3) is 18.0. The van der Waals surface area contributed by atoms with Crippen molar-refractivity contribution >= 4 is 5.97 Å². The summed E-state index contributed by atoms with van der Waals surface area (Å²) in [5.41, 5.74) is 0. The van der Waals surface area contributed by atoms with Crippen molar-refractivity contribution < 1.29 is 31.9 Å². The largest absolute Gasteiger partial charge is 0.462 e. The summed E-state index contributed by atoms with van der Waals surface area (Å²) in [6, 6.07) is 0. The van der Waals surface area contributed by atoms with E-state index in [2.05, 4.69) is 6.92 Å². The van der Waals surface area contributed by atoms with Gasteiger partial charge in [0.1, 0.15) is 6.10 Å². The van der Waals surface area contributed by atoms with E-state index in [0.717, 1.165) is 19.3 Å². The minimum atomic E-state index is 0. The summed E-state index contributed by atoms with van der Waals surface area (Å²) in [5.74, 6) is 0.0478. The van der Waals surface area contributed by atoms with Gasteiger partial charge in [-0.3, -0.25) is 4.79 Å². The summed E-state index contributed by atoms with van der Waals surface area (Å²) >= 11 is 0. The molecule has 0 bridgehead atoms. The second kappa shape index (κ2) is 20.9. The average molecular weight is 474 g/mol. The van der Waals surface area contributed by atoms with E-state index in [0.29, 0.717) is 6.42 Å². The van der Waals surface area contributed by atoms with Gasteiger partial charge in [0.05, 0.1) is 0 Å². The number of ether oxygens (including phenoxy) is 1. The first-order valence-electron chi connectivity index (χ1n) is 12.0. The fraction of sp³-hybridized carbons (Fsp3) is 0.958. The van der Waals surface area contributed by atoms with Gasteiger partial charge in [0.25, 0.3) is 0 Å². The first-order valence-corrected chi connectivity index (χ1v) is 12.0. The van der Waals surface area contributed by atoms with Crippen LogP contribution in [0.25, 0.3) is 0 Å². The maximum atomic E-state index is 11.8. The number of esters is 1. The first-order chi connectivity index (χ1) is 12.8. The predicted molar refractivity (Wildman–Crippen MR) is 113 cm³/mol. The SMILES string of the molecule is CCCCCCCCCCCCCCCCCC(=O)OC1CCCCC1.[Ag]. The van der Waals surface area contributed by atoms with E-state index in [1.807, 2.05) is 0 Å². The van der Waals surface area contributed by atoms with Crippen molar-refractivity contribution in [2.75, 3.05) is 0 Å². The molecule has 1 aliphatic carbocycles. The summed E-state index contributed by atoms with van der Waals surface area (Å²) in [4.78, 5) is 11.8. The minimum Gasteiger partial charge on any atom is -0.462 e. The third-order valence-corrected chi connectivity index (χ3v) is 5.83. The van der Waals surface area contributed by atoms with Crippen LogP contribution in [0.4, 0.5) is 0 Å². The molecular weight excluding hydrogens is 428 g/mol. The van der Waals surface area contributed by atoms with Crippen LogP contribution in [0.15, 0.2) is 0 Å². The van der Waals surface area contributed by atoms with Crippen molar-refractivity contribution in [2.45, 2.75) is 148 Å². The van der Waals surface area contributed by atoms with Crippen molar-refractivity contribution in [3.05, 3.63) is 0 Å². The molecular formula is C24H46AgO2. The molecule has 0 aromatic carbocycles. The Morgan fingerprint density at radius 2 is 1.07 bits per heavy atom. The molecule has 0 spiro atoms. The molecule has 0 aromatic rings. The van der Waals surface area contributed by atoms with E-state index < -0.39 is 0 Å². The monoisotopic (exact) mass is 473 g/mol.